The lowest BCUT2D eigenvalue weighted by Gasteiger charge is -2.40. The third-order valence-electron chi connectivity index (χ3n) is 5.58. The van der Waals surface area contributed by atoms with E-state index in [4.69, 9.17) is 4.74 Å². The molecule has 2 aliphatic rings. The van der Waals surface area contributed by atoms with E-state index >= 15 is 0 Å². The number of aliphatic hydroxyl groups is 1. The maximum Gasteiger partial charge on any atom is 0.422 e. The molecule has 160 valence electrons. The van der Waals surface area contributed by atoms with E-state index in [1.807, 2.05) is 4.90 Å². The zero-order chi connectivity index (χ0) is 21.5. The molecule has 2 saturated heterocycles. The molecule has 0 unspecified atom stereocenters. The fourth-order valence-electron chi connectivity index (χ4n) is 4.19. The van der Waals surface area contributed by atoms with Gasteiger partial charge in [-0.05, 0) is 24.6 Å². The molecular formula is C20H20F3N3O4. The summed E-state index contributed by atoms with van der Waals surface area (Å²) < 4.78 is 48.0. The molecule has 4 rings (SSSR count). The van der Waals surface area contributed by atoms with E-state index < -0.39 is 39.9 Å². The highest BCUT2D eigenvalue weighted by atomic mass is 19.4. The molecule has 2 aromatic carbocycles. The Bertz CT molecular complexity index is 939. The zero-order valence-electron chi connectivity index (χ0n) is 15.9. The van der Waals surface area contributed by atoms with Gasteiger partial charge in [-0.2, -0.15) is 13.2 Å². The topological polar surface area (TPSA) is 79.1 Å². The number of ether oxygens (including phenoxy) is 1. The first-order valence-corrected chi connectivity index (χ1v) is 9.54. The first-order chi connectivity index (χ1) is 14.3. The SMILES string of the molecule is O=[N+]([O-])c1ccc(Oc2ccccc2)c(C(F)(F)F)c1N1CCN2CC[C@@H](O)[C@H]2C1. The minimum Gasteiger partial charge on any atom is -0.457 e. The third kappa shape index (κ3) is 3.80. The van der Waals surface area contributed by atoms with Crippen LogP contribution in [0.25, 0.3) is 0 Å². The molecule has 1 N–H and O–H groups in total. The molecule has 2 fully saturated rings. The van der Waals surface area contributed by atoms with Crippen molar-refractivity contribution < 1.29 is 27.9 Å². The summed E-state index contributed by atoms with van der Waals surface area (Å²) >= 11 is 0. The molecule has 2 aromatic rings. The maximum absolute atomic E-state index is 14.2. The molecule has 10 heteroatoms. The number of fused-ring (bicyclic) bond motifs is 1. The van der Waals surface area contributed by atoms with Crippen molar-refractivity contribution in [3.05, 3.63) is 58.1 Å². The van der Waals surface area contributed by atoms with Gasteiger partial charge >= 0.3 is 6.18 Å². The van der Waals surface area contributed by atoms with Gasteiger partial charge in [-0.3, -0.25) is 15.0 Å². The number of halogens is 3. The molecule has 30 heavy (non-hydrogen) atoms. The van der Waals surface area contributed by atoms with Crippen molar-refractivity contribution in [3.8, 4) is 11.5 Å². The summed E-state index contributed by atoms with van der Waals surface area (Å²) in [5.74, 6) is -0.303. The van der Waals surface area contributed by atoms with Crippen LogP contribution in [0.15, 0.2) is 42.5 Å². The van der Waals surface area contributed by atoms with Crippen molar-refractivity contribution in [2.75, 3.05) is 31.1 Å². The average Bonchev–Trinajstić information content (AvgIpc) is 3.07. The maximum atomic E-state index is 14.2. The van der Waals surface area contributed by atoms with Crippen LogP contribution in [0.1, 0.15) is 12.0 Å². The van der Waals surface area contributed by atoms with Crippen LogP contribution >= 0.6 is 0 Å². The van der Waals surface area contributed by atoms with Crippen LogP contribution in [-0.2, 0) is 6.18 Å². The Morgan fingerprint density at radius 2 is 1.83 bits per heavy atom. The normalized spacial score (nSPS) is 22.1. The average molecular weight is 423 g/mol. The van der Waals surface area contributed by atoms with E-state index in [1.54, 1.807) is 18.2 Å². The second-order valence-corrected chi connectivity index (χ2v) is 7.38. The Kier molecular flexibility index (Phi) is 5.29. The molecule has 2 heterocycles. The highest BCUT2D eigenvalue weighted by Gasteiger charge is 2.45. The summed E-state index contributed by atoms with van der Waals surface area (Å²) in [5.41, 5.74) is -2.33. The van der Waals surface area contributed by atoms with Crippen molar-refractivity contribution in [1.29, 1.82) is 0 Å². The van der Waals surface area contributed by atoms with Gasteiger partial charge in [0.2, 0.25) is 0 Å². The number of piperazine rings is 1. The lowest BCUT2D eigenvalue weighted by molar-refractivity contribution is -0.384. The van der Waals surface area contributed by atoms with E-state index in [9.17, 15) is 28.4 Å². The predicted molar refractivity (Wildman–Crippen MR) is 103 cm³/mol. The number of alkyl halides is 3. The number of hydrogen-bond donors (Lipinski definition) is 1. The predicted octanol–water partition coefficient (Wildman–Crippen LogP) is 3.66. The molecule has 0 aromatic heterocycles. The molecule has 7 nitrogen and oxygen atoms in total. The number of nitro benzene ring substituents is 1. The molecule has 0 amide bonds. The standard InChI is InChI=1S/C20H20F3N3O4/c21-20(22,23)18-17(30-13-4-2-1-3-5-13)7-6-14(26(28)29)19(18)25-11-10-24-9-8-16(27)15(24)12-25/h1-7,15-16,27H,8-12H2/t15-,16-/m1/s1. The largest absolute Gasteiger partial charge is 0.457 e. The van der Waals surface area contributed by atoms with E-state index in [0.29, 0.717) is 19.5 Å². The molecular weight excluding hydrogens is 403 g/mol. The van der Waals surface area contributed by atoms with E-state index in [-0.39, 0.29) is 24.9 Å². The number of nitrogens with zero attached hydrogens (tertiary/aromatic N) is 3. The van der Waals surface area contributed by atoms with Gasteiger partial charge in [-0.15, -0.1) is 0 Å². The number of para-hydroxylation sites is 1. The number of anilines is 1. The van der Waals surface area contributed by atoms with Crippen molar-refractivity contribution in [1.82, 2.24) is 4.90 Å². The highest BCUT2D eigenvalue weighted by Crippen LogP contribution is 2.48. The lowest BCUT2D eigenvalue weighted by atomic mass is 10.0. The van der Waals surface area contributed by atoms with Gasteiger partial charge in [0.25, 0.3) is 5.69 Å². The van der Waals surface area contributed by atoms with Crippen LogP contribution in [0.5, 0.6) is 11.5 Å². The van der Waals surface area contributed by atoms with Crippen molar-refractivity contribution in [2.24, 2.45) is 0 Å². The highest BCUT2D eigenvalue weighted by molar-refractivity contribution is 5.73. The van der Waals surface area contributed by atoms with Crippen molar-refractivity contribution in [2.45, 2.75) is 24.7 Å². The van der Waals surface area contributed by atoms with Gasteiger partial charge in [0, 0.05) is 32.2 Å². The Labute approximate surface area is 170 Å². The lowest BCUT2D eigenvalue weighted by Crippen LogP contribution is -2.53. The quantitative estimate of drug-likeness (QED) is 0.597. The van der Waals surface area contributed by atoms with Gasteiger partial charge in [-0.1, -0.05) is 18.2 Å². The van der Waals surface area contributed by atoms with E-state index in [2.05, 4.69) is 0 Å². The fourth-order valence-corrected chi connectivity index (χ4v) is 4.19. The smallest absolute Gasteiger partial charge is 0.422 e. The first-order valence-electron chi connectivity index (χ1n) is 9.54. The minimum absolute atomic E-state index is 0.0693. The number of rotatable bonds is 4. The molecule has 0 spiro atoms. The summed E-state index contributed by atoms with van der Waals surface area (Å²) in [5, 5.41) is 21.8. The number of benzene rings is 2. The van der Waals surface area contributed by atoms with Crippen LogP contribution < -0.4 is 9.64 Å². The Morgan fingerprint density at radius 3 is 2.50 bits per heavy atom. The molecule has 2 atom stereocenters. The summed E-state index contributed by atoms with van der Waals surface area (Å²) in [4.78, 5) is 14.2. The summed E-state index contributed by atoms with van der Waals surface area (Å²) in [6, 6.07) is 9.62. The zero-order valence-corrected chi connectivity index (χ0v) is 15.9. The summed E-state index contributed by atoms with van der Waals surface area (Å²) in [6.07, 6.45) is -5.02. The molecule has 0 radical (unpaired) electrons. The summed E-state index contributed by atoms with van der Waals surface area (Å²) in [6.45, 7) is 1.33. The van der Waals surface area contributed by atoms with E-state index in [0.717, 1.165) is 12.1 Å². The van der Waals surface area contributed by atoms with Gasteiger partial charge in [0.1, 0.15) is 22.7 Å². The third-order valence-corrected chi connectivity index (χ3v) is 5.58. The number of hydrogen-bond acceptors (Lipinski definition) is 6. The number of aliphatic hydroxyl groups excluding tert-OH is 1. The van der Waals surface area contributed by atoms with Crippen molar-refractivity contribution >= 4 is 11.4 Å². The monoisotopic (exact) mass is 423 g/mol. The minimum atomic E-state index is -4.88. The van der Waals surface area contributed by atoms with Gasteiger partial charge in [-0.25, -0.2) is 0 Å². The second-order valence-electron chi connectivity index (χ2n) is 7.38. The fraction of sp³-hybridized carbons (Fsp3) is 0.400. The molecule has 0 aliphatic carbocycles. The van der Waals surface area contributed by atoms with Crippen LogP contribution in [-0.4, -0.2) is 53.3 Å². The molecule has 2 aliphatic heterocycles. The van der Waals surface area contributed by atoms with E-state index in [1.165, 1.54) is 17.0 Å². The Balaban J connectivity index is 1.82. The Hall–Kier alpha value is -2.85. The van der Waals surface area contributed by atoms with Crippen LogP contribution in [0, 0.1) is 10.1 Å². The molecule has 0 bridgehead atoms. The Morgan fingerprint density at radius 1 is 1.10 bits per heavy atom. The van der Waals surface area contributed by atoms with Crippen molar-refractivity contribution in [3.63, 3.8) is 0 Å². The number of nitro groups is 1. The molecule has 0 saturated carbocycles. The van der Waals surface area contributed by atoms with Gasteiger partial charge in [0.15, 0.2) is 0 Å². The van der Waals surface area contributed by atoms with Crippen LogP contribution in [0.4, 0.5) is 24.5 Å². The van der Waals surface area contributed by atoms with Crippen LogP contribution in [0.2, 0.25) is 0 Å². The second kappa shape index (κ2) is 7.77. The van der Waals surface area contributed by atoms with Gasteiger partial charge < -0.3 is 14.7 Å². The van der Waals surface area contributed by atoms with Gasteiger partial charge in [0.05, 0.1) is 17.1 Å². The first kappa shape index (κ1) is 20.4. The van der Waals surface area contributed by atoms with Crippen LogP contribution in [0.3, 0.4) is 0 Å². The summed E-state index contributed by atoms with van der Waals surface area (Å²) in [7, 11) is 0.